The van der Waals surface area contributed by atoms with Crippen LogP contribution in [0.1, 0.15) is 19.3 Å². The first-order valence-electron chi connectivity index (χ1n) is 4.13. The van der Waals surface area contributed by atoms with Gasteiger partial charge in [0.25, 0.3) is 0 Å². The maximum absolute atomic E-state index is 4.90. The van der Waals surface area contributed by atoms with E-state index in [-0.39, 0.29) is 0 Å². The number of hydrogen-bond donors (Lipinski definition) is 1. The summed E-state index contributed by atoms with van der Waals surface area (Å²) >= 11 is 0. The minimum absolute atomic E-state index is 0.838. The zero-order valence-electron chi connectivity index (χ0n) is 6.73. The molecule has 1 N–H and O–H groups in total. The SMILES string of the molecule is COCCNCCC1CC1. The van der Waals surface area contributed by atoms with Crippen molar-refractivity contribution in [2.24, 2.45) is 5.92 Å². The highest BCUT2D eigenvalue weighted by Gasteiger charge is 2.19. The zero-order valence-corrected chi connectivity index (χ0v) is 6.73. The molecule has 0 unspecified atom stereocenters. The quantitative estimate of drug-likeness (QED) is 0.561. The molecular weight excluding hydrogens is 126 g/mol. The van der Waals surface area contributed by atoms with E-state index in [2.05, 4.69) is 5.32 Å². The van der Waals surface area contributed by atoms with Crippen LogP contribution in [-0.4, -0.2) is 26.8 Å². The van der Waals surface area contributed by atoms with Crippen LogP contribution in [0, 0.1) is 5.92 Å². The van der Waals surface area contributed by atoms with E-state index >= 15 is 0 Å². The molecule has 1 rings (SSSR count). The average molecular weight is 143 g/mol. The summed E-state index contributed by atoms with van der Waals surface area (Å²) in [7, 11) is 1.74. The molecule has 2 heteroatoms. The van der Waals surface area contributed by atoms with Crippen LogP contribution in [0.4, 0.5) is 0 Å². The number of ether oxygens (including phenoxy) is 1. The van der Waals surface area contributed by atoms with E-state index in [1.165, 1.54) is 25.8 Å². The van der Waals surface area contributed by atoms with Gasteiger partial charge in [0, 0.05) is 13.7 Å². The lowest BCUT2D eigenvalue weighted by atomic mass is 10.3. The third-order valence-corrected chi connectivity index (χ3v) is 1.91. The molecule has 1 aliphatic rings. The Labute approximate surface area is 63.0 Å². The van der Waals surface area contributed by atoms with Crippen LogP contribution in [0.15, 0.2) is 0 Å². The van der Waals surface area contributed by atoms with Gasteiger partial charge in [0.15, 0.2) is 0 Å². The predicted octanol–water partition coefficient (Wildman–Crippen LogP) is 1.02. The molecule has 0 saturated heterocycles. The first-order chi connectivity index (χ1) is 4.93. The van der Waals surface area contributed by atoms with Gasteiger partial charge >= 0.3 is 0 Å². The largest absolute Gasteiger partial charge is 0.383 e. The molecule has 1 saturated carbocycles. The van der Waals surface area contributed by atoms with E-state index in [4.69, 9.17) is 4.74 Å². The standard InChI is InChI=1S/C8H17NO/c1-10-7-6-9-5-4-8-2-3-8/h8-9H,2-7H2,1H3. The summed E-state index contributed by atoms with van der Waals surface area (Å²) in [5, 5.41) is 3.33. The molecule has 0 aliphatic heterocycles. The van der Waals surface area contributed by atoms with Gasteiger partial charge in [-0.15, -0.1) is 0 Å². The molecule has 0 atom stereocenters. The van der Waals surface area contributed by atoms with Crippen LogP contribution < -0.4 is 5.32 Å². The van der Waals surface area contributed by atoms with Crippen molar-refractivity contribution in [1.82, 2.24) is 5.32 Å². The Morgan fingerprint density at radius 3 is 2.80 bits per heavy atom. The topological polar surface area (TPSA) is 21.3 Å². The Kier molecular flexibility index (Phi) is 3.76. The zero-order chi connectivity index (χ0) is 7.23. The fourth-order valence-corrected chi connectivity index (χ4v) is 1.01. The van der Waals surface area contributed by atoms with Crippen molar-refractivity contribution in [3.63, 3.8) is 0 Å². The van der Waals surface area contributed by atoms with Crippen molar-refractivity contribution in [2.75, 3.05) is 26.8 Å². The summed E-state index contributed by atoms with van der Waals surface area (Å²) in [6.07, 6.45) is 4.29. The number of rotatable bonds is 6. The van der Waals surface area contributed by atoms with Gasteiger partial charge in [0.05, 0.1) is 6.61 Å². The Balaban J connectivity index is 1.68. The second kappa shape index (κ2) is 4.69. The van der Waals surface area contributed by atoms with E-state index in [0.717, 1.165) is 19.1 Å². The van der Waals surface area contributed by atoms with Crippen LogP contribution in [-0.2, 0) is 4.74 Å². The molecule has 0 aromatic carbocycles. The summed E-state index contributed by atoms with van der Waals surface area (Å²) in [5.74, 6) is 1.05. The van der Waals surface area contributed by atoms with Crippen molar-refractivity contribution in [2.45, 2.75) is 19.3 Å². The van der Waals surface area contributed by atoms with Gasteiger partial charge in [-0.1, -0.05) is 12.8 Å². The van der Waals surface area contributed by atoms with E-state index in [1.807, 2.05) is 0 Å². The molecule has 0 aromatic rings. The first kappa shape index (κ1) is 8.02. The van der Waals surface area contributed by atoms with Crippen molar-refractivity contribution in [1.29, 1.82) is 0 Å². The average Bonchev–Trinajstić information content (AvgIpc) is 2.71. The Bertz CT molecular complexity index is 81.3. The lowest BCUT2D eigenvalue weighted by molar-refractivity contribution is 0.199. The lowest BCUT2D eigenvalue weighted by Gasteiger charge is -2.01. The number of methoxy groups -OCH3 is 1. The summed E-state index contributed by atoms with van der Waals surface area (Å²) in [4.78, 5) is 0. The molecule has 0 amide bonds. The summed E-state index contributed by atoms with van der Waals surface area (Å²) < 4.78 is 4.90. The summed E-state index contributed by atoms with van der Waals surface area (Å²) in [6, 6.07) is 0. The normalized spacial score (nSPS) is 17.7. The van der Waals surface area contributed by atoms with Gasteiger partial charge in [0.2, 0.25) is 0 Å². The van der Waals surface area contributed by atoms with Crippen molar-refractivity contribution >= 4 is 0 Å². The fourth-order valence-electron chi connectivity index (χ4n) is 1.01. The number of nitrogens with one attached hydrogen (secondary N) is 1. The monoisotopic (exact) mass is 143 g/mol. The molecule has 0 heterocycles. The van der Waals surface area contributed by atoms with Crippen LogP contribution in [0.2, 0.25) is 0 Å². The molecule has 0 radical (unpaired) electrons. The van der Waals surface area contributed by atoms with Gasteiger partial charge in [0.1, 0.15) is 0 Å². The van der Waals surface area contributed by atoms with Crippen LogP contribution in [0.25, 0.3) is 0 Å². The molecule has 1 fully saturated rings. The van der Waals surface area contributed by atoms with E-state index < -0.39 is 0 Å². The maximum atomic E-state index is 4.90. The minimum atomic E-state index is 0.838. The molecule has 0 aromatic heterocycles. The second-order valence-electron chi connectivity index (χ2n) is 2.97. The highest BCUT2D eigenvalue weighted by molar-refractivity contribution is 4.73. The number of hydrogen-bond acceptors (Lipinski definition) is 2. The minimum Gasteiger partial charge on any atom is -0.383 e. The van der Waals surface area contributed by atoms with Gasteiger partial charge in [-0.05, 0) is 18.9 Å². The van der Waals surface area contributed by atoms with E-state index in [9.17, 15) is 0 Å². The van der Waals surface area contributed by atoms with E-state index in [0.29, 0.717) is 0 Å². The Morgan fingerprint density at radius 2 is 2.20 bits per heavy atom. The van der Waals surface area contributed by atoms with Crippen LogP contribution in [0.5, 0.6) is 0 Å². The maximum Gasteiger partial charge on any atom is 0.0587 e. The fraction of sp³-hybridized carbons (Fsp3) is 1.00. The highest BCUT2D eigenvalue weighted by atomic mass is 16.5. The molecule has 10 heavy (non-hydrogen) atoms. The van der Waals surface area contributed by atoms with Crippen molar-refractivity contribution < 1.29 is 4.74 Å². The molecule has 1 aliphatic carbocycles. The summed E-state index contributed by atoms with van der Waals surface area (Å²) in [5.41, 5.74) is 0. The van der Waals surface area contributed by atoms with Gasteiger partial charge in [-0.2, -0.15) is 0 Å². The molecule has 0 bridgehead atoms. The van der Waals surface area contributed by atoms with Gasteiger partial charge in [-0.25, -0.2) is 0 Å². The third kappa shape index (κ3) is 3.85. The van der Waals surface area contributed by atoms with Gasteiger partial charge in [-0.3, -0.25) is 0 Å². The smallest absolute Gasteiger partial charge is 0.0587 e. The Morgan fingerprint density at radius 1 is 1.40 bits per heavy atom. The molecule has 0 spiro atoms. The predicted molar refractivity (Wildman–Crippen MR) is 42.1 cm³/mol. The third-order valence-electron chi connectivity index (χ3n) is 1.91. The highest BCUT2D eigenvalue weighted by Crippen LogP contribution is 2.31. The molecular formula is C8H17NO. The van der Waals surface area contributed by atoms with Crippen LogP contribution in [0.3, 0.4) is 0 Å². The second-order valence-corrected chi connectivity index (χ2v) is 2.97. The van der Waals surface area contributed by atoms with Crippen molar-refractivity contribution in [3.8, 4) is 0 Å². The molecule has 60 valence electrons. The van der Waals surface area contributed by atoms with Gasteiger partial charge < -0.3 is 10.1 Å². The Hall–Kier alpha value is -0.0800. The first-order valence-corrected chi connectivity index (χ1v) is 4.13. The van der Waals surface area contributed by atoms with E-state index in [1.54, 1.807) is 7.11 Å². The summed E-state index contributed by atoms with van der Waals surface area (Å²) in [6.45, 7) is 3.02. The van der Waals surface area contributed by atoms with Crippen molar-refractivity contribution in [3.05, 3.63) is 0 Å². The van der Waals surface area contributed by atoms with Crippen LogP contribution >= 0.6 is 0 Å². The lowest BCUT2D eigenvalue weighted by Crippen LogP contribution is -2.20. The molecule has 2 nitrogen and oxygen atoms in total.